The van der Waals surface area contributed by atoms with Gasteiger partial charge >= 0.3 is 5.97 Å². The number of carbonyl (C=O) groups excluding carboxylic acids is 2. The summed E-state index contributed by atoms with van der Waals surface area (Å²) < 4.78 is 103. The number of ether oxygens (including phenoxy) is 9. The van der Waals surface area contributed by atoms with Crippen LogP contribution in [0.4, 0.5) is 13.2 Å². The van der Waals surface area contributed by atoms with Gasteiger partial charge < -0.3 is 79.0 Å². The van der Waals surface area contributed by atoms with Gasteiger partial charge in [0, 0.05) is 82.5 Å². The van der Waals surface area contributed by atoms with E-state index in [9.17, 15) is 48.0 Å². The number of carboxylic acids is 1. The molecule has 28 heteroatoms. The third kappa shape index (κ3) is 24.4. The number of pyridine rings is 3. The summed E-state index contributed by atoms with van der Waals surface area (Å²) >= 11 is 3.99. The number of Topliss-reactive ketones (excluding diaryl/α,β-unsaturated/α-hetero) is 2. The van der Waals surface area contributed by atoms with Crippen molar-refractivity contribution in [3.05, 3.63) is 291 Å². The number of hydrogen-bond donors (Lipinski definition) is 7. The average molecular weight is 1750 g/mol. The van der Waals surface area contributed by atoms with Crippen molar-refractivity contribution in [2.24, 2.45) is 5.73 Å². The molecule has 0 fully saturated rings. The number of ketones is 2. The van der Waals surface area contributed by atoms with Crippen molar-refractivity contribution in [2.45, 2.75) is 83.9 Å². The average Bonchev–Trinajstić information content (AvgIpc) is 1.63. The highest BCUT2D eigenvalue weighted by atomic mass is 32.1. The third-order valence-electron chi connectivity index (χ3n) is 19.8. The molecule has 8 N–H and O–H groups in total. The summed E-state index contributed by atoms with van der Waals surface area (Å²) in [6, 6.07) is 60.1. The summed E-state index contributed by atoms with van der Waals surface area (Å²) in [7, 11) is 6.24. The number of carboxylic acid groups (broad SMARTS) is 1. The lowest BCUT2D eigenvalue weighted by molar-refractivity contribution is 0.0397. The SMILES string of the molecule is C.CC(O)(CN)c1cccc(-c2csc3c(F)cccc23)n1.COc1cc(C(=O)CCC(C)(O)c2cccc(-c3csc4c(F)cccc34)n2)ccc1OCCO.COc1ccc(COCCOc2ccc(C(=O)CCC(C)(O)c3cccc(-c4csc5c(F)cccc45)n3)cc2OC)cc1.COc1ccc(COCCOc2ccc(C(=O)O)cc2O)cc1.[2H][2H]. The van der Waals surface area contributed by atoms with Crippen LogP contribution in [0.5, 0.6) is 46.0 Å². The quantitative estimate of drug-likeness (QED) is 0.0143. The molecule has 0 spiro atoms. The highest BCUT2D eigenvalue weighted by Crippen LogP contribution is 2.41. The molecule has 0 aliphatic carbocycles. The molecule has 6 heterocycles. The molecule has 0 aliphatic rings. The lowest BCUT2D eigenvalue weighted by Gasteiger charge is -2.23. The Bertz CT molecular complexity index is 5940. The van der Waals surface area contributed by atoms with E-state index >= 15 is 0 Å². The second kappa shape index (κ2) is 44.2. The number of aromatic hydroxyl groups is 1. The first-order valence-corrected chi connectivity index (χ1v) is 41.6. The first kappa shape index (κ1) is 92.5. The van der Waals surface area contributed by atoms with Crippen molar-refractivity contribution in [3.63, 3.8) is 0 Å². The van der Waals surface area contributed by atoms with Gasteiger partial charge in [0.15, 0.2) is 46.1 Å². The van der Waals surface area contributed by atoms with Crippen LogP contribution in [0.1, 0.15) is 116 Å². The predicted octanol–water partition coefficient (Wildman–Crippen LogP) is 19.8. The zero-order valence-corrected chi connectivity index (χ0v) is 70.9. The Hall–Kier alpha value is -12.2. The van der Waals surface area contributed by atoms with Gasteiger partial charge in [-0.15, -0.1) is 34.0 Å². The van der Waals surface area contributed by atoms with E-state index in [-0.39, 0.29) is 106 Å². The molecule has 14 aromatic rings. The second-order valence-corrected chi connectivity index (χ2v) is 31.3. The smallest absolute Gasteiger partial charge is 0.335 e. The van der Waals surface area contributed by atoms with E-state index in [0.29, 0.717) is 115 Å². The number of methoxy groups -OCH3 is 4. The Morgan fingerprint density at radius 1 is 0.435 bits per heavy atom. The lowest BCUT2D eigenvalue weighted by Crippen LogP contribution is -2.32. The van der Waals surface area contributed by atoms with Crippen molar-refractivity contribution in [2.75, 3.05) is 74.6 Å². The Labute approximate surface area is 731 Å². The van der Waals surface area contributed by atoms with Crippen molar-refractivity contribution < 1.29 is 104 Å². The number of phenols is 1. The van der Waals surface area contributed by atoms with Crippen LogP contribution < -0.4 is 38.9 Å². The van der Waals surface area contributed by atoms with Gasteiger partial charge in [-0.05, 0) is 178 Å². The first-order chi connectivity index (χ1) is 60.2. The number of carbonyl (C=O) groups is 3. The van der Waals surface area contributed by atoms with E-state index in [1.165, 1.54) is 78.6 Å². The van der Waals surface area contributed by atoms with Gasteiger partial charge in [-0.3, -0.25) is 9.59 Å². The minimum absolute atomic E-state index is 0. The number of phenolic OH excluding ortho intramolecular Hbond substituents is 1. The molecule has 0 radical (unpaired) electrons. The number of aliphatic hydroxyl groups is 4. The number of aliphatic hydroxyl groups excluding tert-OH is 1. The van der Waals surface area contributed by atoms with Crippen LogP contribution in [0.15, 0.2) is 228 Å². The summed E-state index contributed by atoms with van der Waals surface area (Å²) in [4.78, 5) is 50.6. The van der Waals surface area contributed by atoms with Crippen LogP contribution in [0.3, 0.4) is 0 Å². The first-order valence-electron chi connectivity index (χ1n) is 39.9. The Morgan fingerprint density at radius 3 is 1.15 bits per heavy atom. The maximum atomic E-state index is 14.2. The second-order valence-electron chi connectivity index (χ2n) is 28.7. The fourth-order valence-corrected chi connectivity index (χ4v) is 15.7. The molecule has 3 unspecified atom stereocenters. The van der Waals surface area contributed by atoms with Crippen LogP contribution in [-0.2, 0) is 39.5 Å². The topological polar surface area (TPSA) is 320 Å². The lowest BCUT2D eigenvalue weighted by atomic mass is 9.92. The molecule has 22 nitrogen and oxygen atoms in total. The van der Waals surface area contributed by atoms with Crippen LogP contribution in [0, 0.1) is 17.5 Å². The number of nitrogens with zero attached hydrogens (tertiary/aromatic N) is 3. The van der Waals surface area contributed by atoms with Gasteiger partial charge in [0.05, 0.1) is 115 Å². The highest BCUT2D eigenvalue weighted by Gasteiger charge is 2.30. The molecule has 0 saturated heterocycles. The number of rotatable bonds is 35. The molecule has 0 bridgehead atoms. The van der Waals surface area contributed by atoms with E-state index in [2.05, 4.69) is 9.97 Å². The fourth-order valence-electron chi connectivity index (χ4n) is 12.8. The van der Waals surface area contributed by atoms with Gasteiger partial charge in [0.1, 0.15) is 65.6 Å². The van der Waals surface area contributed by atoms with Crippen LogP contribution in [0.25, 0.3) is 64.0 Å². The van der Waals surface area contributed by atoms with Crippen LogP contribution in [0.2, 0.25) is 0 Å². The zero-order valence-electron chi connectivity index (χ0n) is 70.5. The van der Waals surface area contributed by atoms with Gasteiger partial charge in [-0.25, -0.2) is 32.9 Å². The summed E-state index contributed by atoms with van der Waals surface area (Å²) in [5, 5.41) is 68.1. The van der Waals surface area contributed by atoms with Crippen molar-refractivity contribution >= 4 is 81.8 Å². The molecular formula is C96H99F3N4O18S3. The Balaban J connectivity index is 0.000000196. The van der Waals surface area contributed by atoms with E-state index in [1.54, 1.807) is 114 Å². The number of benzene rings is 8. The molecule has 3 atom stereocenters. The summed E-state index contributed by atoms with van der Waals surface area (Å²) in [6.45, 7) is 7.14. The number of thiophene rings is 3. The Morgan fingerprint density at radius 2 is 0.790 bits per heavy atom. The van der Waals surface area contributed by atoms with Crippen molar-refractivity contribution in [1.29, 1.82) is 0 Å². The summed E-state index contributed by atoms with van der Waals surface area (Å²) in [5.74, 6) is 1.19. The van der Waals surface area contributed by atoms with E-state index < -0.39 is 22.8 Å². The standard InChI is InChI=1S/C35H34FNO6S.C27H26FNO5S.C17H18O6.C16H15FN2OS.CH4.H2/c1-35(39,33-9-5-8-29(37-33)27-22-44-34-26(27)6-4-7-28(34)36)17-16-30(38)24-12-15-31(32(20-24)41-3)43-19-18-42-21-23-10-13-25(40-2)14-11-23;1-27(32,12-11-22(31)17-9-10-23(34-14-13-30)24(15-17)33-2)25-8-4-7-21(29-25)19-16-35-26-18(19)5-3-6-20(26)28;1-21-14-5-2-12(3-6-14)11-22-8-9-23-16-7-4-13(17(19)20)10-15(16)18;1-16(20,9-18)14-7-3-6-13(19-14)11-8-21-15-10(11)4-2-5-12(15)17;;/h4-15,20,22,39H,16-19,21H2,1-3H3;3-10,15-16,30,32H,11-14H2,1-2H3;2-7,10,18H,8-9,11H2,1H3,(H,19,20);2-8,20H,9,18H2,1H3;1H4;1H/i;;;;;1+1D. The molecule has 6 aromatic heterocycles. The monoisotopic (exact) mass is 1750 g/mol. The molecule has 0 saturated carbocycles. The van der Waals surface area contributed by atoms with Gasteiger partial charge in [0.2, 0.25) is 0 Å². The zero-order chi connectivity index (χ0) is 89.8. The van der Waals surface area contributed by atoms with E-state index in [0.717, 1.165) is 61.5 Å². The Kier molecular flexibility index (Phi) is 33.0. The number of halogens is 3. The maximum absolute atomic E-state index is 14.2. The number of nitrogens with two attached hydrogens (primary N) is 1. The number of aromatic carboxylic acids is 1. The molecule has 8 aromatic carbocycles. The van der Waals surface area contributed by atoms with Crippen LogP contribution >= 0.6 is 34.0 Å². The van der Waals surface area contributed by atoms with Crippen LogP contribution in [-0.4, -0.2) is 138 Å². The molecule has 0 amide bonds. The molecular weight excluding hydrogens is 1650 g/mol. The predicted molar refractivity (Wildman–Crippen MR) is 479 cm³/mol. The van der Waals surface area contributed by atoms with E-state index in [4.69, 9.17) is 66.5 Å². The fraction of sp³-hybridized carbons (Fsp3) is 0.250. The molecule has 124 heavy (non-hydrogen) atoms. The third-order valence-corrected chi connectivity index (χ3v) is 22.8. The molecule has 0 aliphatic heterocycles. The highest BCUT2D eigenvalue weighted by molar-refractivity contribution is 7.18. The minimum Gasteiger partial charge on any atom is -0.504 e. The van der Waals surface area contributed by atoms with E-state index in [1.807, 2.05) is 113 Å². The summed E-state index contributed by atoms with van der Waals surface area (Å²) in [5.41, 5.74) is 10.5. The van der Waals surface area contributed by atoms with Gasteiger partial charge in [0.25, 0.3) is 0 Å². The maximum Gasteiger partial charge on any atom is 0.335 e. The van der Waals surface area contributed by atoms with Crippen molar-refractivity contribution in [3.8, 4) is 79.8 Å². The normalized spacial score (nSPS) is 12.5. The summed E-state index contributed by atoms with van der Waals surface area (Å²) in [6.07, 6.45) is 0.499. The number of hydrogen-bond acceptors (Lipinski definition) is 24. The van der Waals surface area contributed by atoms with Gasteiger partial charge in [-0.2, -0.15) is 0 Å². The number of aromatic nitrogens is 3. The number of fused-ring (bicyclic) bond motifs is 3. The molecule has 14 rings (SSSR count). The largest absolute Gasteiger partial charge is 0.504 e. The molecule has 650 valence electrons. The van der Waals surface area contributed by atoms with Gasteiger partial charge in [-0.1, -0.05) is 86.3 Å². The van der Waals surface area contributed by atoms with Crippen molar-refractivity contribution in [1.82, 2.24) is 15.0 Å². The minimum atomic E-state index is -1.36.